The lowest BCUT2D eigenvalue weighted by Gasteiger charge is -2.31. The number of carbonyl (C=O) groups excluding carboxylic acids is 1. The van der Waals surface area contributed by atoms with Crippen LogP contribution in [-0.2, 0) is 23.3 Å². The molecule has 26 heavy (non-hydrogen) atoms. The summed E-state index contributed by atoms with van der Waals surface area (Å²) in [6.45, 7) is 2.28. The molecule has 1 N–H and O–H groups in total. The van der Waals surface area contributed by atoms with Crippen LogP contribution in [0, 0.1) is 0 Å². The number of rotatable bonds is 6. The molecule has 1 unspecified atom stereocenters. The number of alkyl carbamates (subject to hydrolysis) is 1. The number of benzene rings is 3. The van der Waals surface area contributed by atoms with Gasteiger partial charge in [-0.25, -0.2) is 4.79 Å². The lowest BCUT2D eigenvalue weighted by Crippen LogP contribution is -2.45. The molecule has 0 bridgehead atoms. The van der Waals surface area contributed by atoms with Crippen LogP contribution in [0.1, 0.15) is 23.6 Å². The highest BCUT2D eigenvalue weighted by Crippen LogP contribution is 2.25. The summed E-state index contributed by atoms with van der Waals surface area (Å²) in [6, 6.07) is 29.8. The highest BCUT2D eigenvalue weighted by Gasteiger charge is 2.29. The van der Waals surface area contributed by atoms with E-state index in [9.17, 15) is 4.79 Å². The maximum atomic E-state index is 12.5. The molecule has 0 saturated carbocycles. The predicted molar refractivity (Wildman–Crippen MR) is 104 cm³/mol. The van der Waals surface area contributed by atoms with Gasteiger partial charge in [-0.3, -0.25) is 0 Å². The van der Waals surface area contributed by atoms with E-state index in [1.165, 1.54) is 0 Å². The van der Waals surface area contributed by atoms with E-state index in [4.69, 9.17) is 4.74 Å². The summed E-state index contributed by atoms with van der Waals surface area (Å²) in [5, 5.41) is 3.07. The van der Waals surface area contributed by atoms with Gasteiger partial charge in [0.2, 0.25) is 0 Å². The minimum Gasteiger partial charge on any atom is -0.445 e. The number of nitrogens with one attached hydrogen (secondary N) is 1. The molecule has 3 heteroatoms. The number of hydrogen-bond donors (Lipinski definition) is 1. The van der Waals surface area contributed by atoms with Crippen molar-refractivity contribution in [3.8, 4) is 0 Å². The van der Waals surface area contributed by atoms with Crippen molar-refractivity contribution in [3.63, 3.8) is 0 Å². The minimum atomic E-state index is -0.559. The number of ether oxygens (including phenoxy) is 1. The highest BCUT2D eigenvalue weighted by atomic mass is 16.5. The van der Waals surface area contributed by atoms with Crippen molar-refractivity contribution in [2.45, 2.75) is 25.5 Å². The van der Waals surface area contributed by atoms with Gasteiger partial charge < -0.3 is 10.1 Å². The fourth-order valence-corrected chi connectivity index (χ4v) is 3.01. The monoisotopic (exact) mass is 345 g/mol. The molecule has 0 saturated heterocycles. The summed E-state index contributed by atoms with van der Waals surface area (Å²) in [4.78, 5) is 12.5. The molecule has 0 aliphatic heterocycles. The largest absolute Gasteiger partial charge is 0.445 e. The smallest absolute Gasteiger partial charge is 0.408 e. The first-order chi connectivity index (χ1) is 12.7. The van der Waals surface area contributed by atoms with Crippen molar-refractivity contribution in [1.29, 1.82) is 0 Å². The normalized spacial score (nSPS) is 12.8. The highest BCUT2D eigenvalue weighted by molar-refractivity contribution is 5.68. The topological polar surface area (TPSA) is 38.3 Å². The van der Waals surface area contributed by atoms with E-state index in [2.05, 4.69) is 17.4 Å². The third kappa shape index (κ3) is 4.73. The molecule has 3 aromatic rings. The van der Waals surface area contributed by atoms with Gasteiger partial charge in [0.1, 0.15) is 6.61 Å². The van der Waals surface area contributed by atoms with E-state index in [-0.39, 0.29) is 6.61 Å². The molecule has 0 spiro atoms. The lowest BCUT2D eigenvalue weighted by molar-refractivity contribution is 0.127. The molecule has 3 nitrogen and oxygen atoms in total. The van der Waals surface area contributed by atoms with E-state index in [1.807, 2.05) is 85.8 Å². The Balaban J connectivity index is 1.74. The van der Waals surface area contributed by atoms with Crippen molar-refractivity contribution in [2.75, 3.05) is 0 Å². The van der Waals surface area contributed by atoms with Crippen LogP contribution in [0.3, 0.4) is 0 Å². The molecule has 1 atom stereocenters. The molecule has 0 fully saturated rings. The van der Waals surface area contributed by atoms with Crippen molar-refractivity contribution < 1.29 is 9.53 Å². The second kappa shape index (κ2) is 8.34. The molecular weight excluding hydrogens is 322 g/mol. The Morgan fingerprint density at radius 2 is 1.31 bits per heavy atom. The van der Waals surface area contributed by atoms with Gasteiger partial charge in [-0.1, -0.05) is 91.0 Å². The van der Waals surface area contributed by atoms with E-state index in [1.54, 1.807) is 0 Å². The first-order valence-corrected chi connectivity index (χ1v) is 8.74. The average molecular weight is 345 g/mol. The summed E-state index contributed by atoms with van der Waals surface area (Å²) in [5.41, 5.74) is 2.60. The summed E-state index contributed by atoms with van der Waals surface area (Å²) in [5.74, 6) is 0. The predicted octanol–water partition coefficient (Wildman–Crippen LogP) is 5.07. The molecule has 0 aliphatic carbocycles. The van der Waals surface area contributed by atoms with Crippen LogP contribution in [0.15, 0.2) is 91.0 Å². The van der Waals surface area contributed by atoms with Crippen molar-refractivity contribution in [3.05, 3.63) is 108 Å². The van der Waals surface area contributed by atoms with Crippen molar-refractivity contribution in [2.24, 2.45) is 0 Å². The van der Waals surface area contributed by atoms with Crippen LogP contribution in [0.5, 0.6) is 0 Å². The second-order valence-corrected chi connectivity index (χ2v) is 6.55. The zero-order chi connectivity index (χ0) is 18.2. The van der Waals surface area contributed by atoms with Crippen LogP contribution < -0.4 is 5.32 Å². The standard InChI is InChI=1S/C23H23NO2/c1-23(21-15-9-4-10-16-21,17-19-11-5-2-6-12-19)24-22(25)26-18-20-13-7-3-8-14-20/h2-16H,17-18H2,1H3,(H,24,25). The first-order valence-electron chi connectivity index (χ1n) is 8.74. The number of hydrogen-bond acceptors (Lipinski definition) is 2. The zero-order valence-electron chi connectivity index (χ0n) is 14.9. The molecule has 132 valence electrons. The Morgan fingerprint density at radius 1 is 0.808 bits per heavy atom. The zero-order valence-corrected chi connectivity index (χ0v) is 14.9. The molecule has 0 heterocycles. The fourth-order valence-electron chi connectivity index (χ4n) is 3.01. The van der Waals surface area contributed by atoms with Crippen molar-refractivity contribution >= 4 is 6.09 Å². The average Bonchev–Trinajstić information content (AvgIpc) is 2.68. The van der Waals surface area contributed by atoms with E-state index < -0.39 is 11.6 Å². The van der Waals surface area contributed by atoms with Gasteiger partial charge >= 0.3 is 6.09 Å². The molecule has 0 aliphatic rings. The van der Waals surface area contributed by atoms with Crippen LogP contribution in [0.2, 0.25) is 0 Å². The molecule has 3 aromatic carbocycles. The quantitative estimate of drug-likeness (QED) is 0.677. The Hall–Kier alpha value is -3.07. The van der Waals surface area contributed by atoms with Crippen LogP contribution >= 0.6 is 0 Å². The molecular formula is C23H23NO2. The van der Waals surface area contributed by atoms with Crippen molar-refractivity contribution in [1.82, 2.24) is 5.32 Å². The van der Waals surface area contributed by atoms with Crippen LogP contribution in [0.25, 0.3) is 0 Å². The Kier molecular flexibility index (Phi) is 5.69. The SMILES string of the molecule is CC(Cc1ccccc1)(NC(=O)OCc1ccccc1)c1ccccc1. The van der Waals surface area contributed by atoms with Gasteiger partial charge in [0.25, 0.3) is 0 Å². The summed E-state index contributed by atoms with van der Waals surface area (Å²) >= 11 is 0. The summed E-state index contributed by atoms with van der Waals surface area (Å²) in [6.07, 6.45) is 0.259. The summed E-state index contributed by atoms with van der Waals surface area (Å²) < 4.78 is 5.43. The maximum Gasteiger partial charge on any atom is 0.408 e. The van der Waals surface area contributed by atoms with Gasteiger partial charge in [0, 0.05) is 0 Å². The Morgan fingerprint density at radius 3 is 1.88 bits per heavy atom. The van der Waals surface area contributed by atoms with Gasteiger partial charge in [0.05, 0.1) is 5.54 Å². The van der Waals surface area contributed by atoms with E-state index in [0.29, 0.717) is 6.42 Å². The minimum absolute atomic E-state index is 0.253. The fraction of sp³-hybridized carbons (Fsp3) is 0.174. The van der Waals surface area contributed by atoms with Gasteiger partial charge in [-0.05, 0) is 30.0 Å². The third-order valence-corrected chi connectivity index (χ3v) is 4.40. The summed E-state index contributed by atoms with van der Waals surface area (Å²) in [7, 11) is 0. The third-order valence-electron chi connectivity index (χ3n) is 4.40. The van der Waals surface area contributed by atoms with Crippen LogP contribution in [0.4, 0.5) is 4.79 Å². The molecule has 3 rings (SSSR count). The molecule has 1 amide bonds. The lowest BCUT2D eigenvalue weighted by atomic mass is 9.85. The second-order valence-electron chi connectivity index (χ2n) is 6.55. The molecule has 0 radical (unpaired) electrons. The van der Waals surface area contributed by atoms with Gasteiger partial charge in [-0.2, -0.15) is 0 Å². The maximum absolute atomic E-state index is 12.5. The van der Waals surface area contributed by atoms with Gasteiger partial charge in [0.15, 0.2) is 0 Å². The van der Waals surface area contributed by atoms with Gasteiger partial charge in [-0.15, -0.1) is 0 Å². The Labute approximate surface area is 154 Å². The molecule has 0 aromatic heterocycles. The first kappa shape index (κ1) is 17.7. The Bertz CT molecular complexity index is 819. The number of amides is 1. The number of carbonyl (C=O) groups is 1. The van der Waals surface area contributed by atoms with E-state index in [0.717, 1.165) is 16.7 Å². The van der Waals surface area contributed by atoms with Crippen LogP contribution in [-0.4, -0.2) is 6.09 Å². The van der Waals surface area contributed by atoms with E-state index >= 15 is 0 Å².